The number of methoxy groups -OCH3 is 1. The van der Waals surface area contributed by atoms with E-state index in [0.717, 1.165) is 35.7 Å². The van der Waals surface area contributed by atoms with Gasteiger partial charge in [-0.3, -0.25) is 9.59 Å². The van der Waals surface area contributed by atoms with Gasteiger partial charge in [-0.25, -0.2) is 4.39 Å². The number of hydrogen-bond donors (Lipinski definition) is 1. The number of benzene rings is 2. The molecule has 5 nitrogen and oxygen atoms in total. The first-order chi connectivity index (χ1) is 14.0. The largest absolute Gasteiger partial charge is 0.494 e. The zero-order valence-corrected chi connectivity index (χ0v) is 17.3. The van der Waals surface area contributed by atoms with Crippen molar-refractivity contribution in [3.05, 3.63) is 59.4 Å². The highest BCUT2D eigenvalue weighted by molar-refractivity contribution is 7.99. The summed E-state index contributed by atoms with van der Waals surface area (Å²) in [5.74, 6) is 1.76. The molecule has 2 aromatic carbocycles. The molecule has 1 fully saturated rings. The minimum absolute atomic E-state index is 0.143. The van der Waals surface area contributed by atoms with Crippen LogP contribution >= 0.6 is 11.8 Å². The van der Waals surface area contributed by atoms with Crippen molar-refractivity contribution >= 4 is 29.3 Å². The number of carbonyl (C=O) groups excluding carboxylic acids is 2. The SMILES string of the molecule is COc1ccc(CCC(=O)Nc2ccc(CC(=O)N3CCSCC3)cc2)cc1F. The number of ether oxygens (including phenoxy) is 1. The van der Waals surface area contributed by atoms with Crippen LogP contribution in [0.2, 0.25) is 0 Å². The number of carbonyl (C=O) groups is 2. The summed E-state index contributed by atoms with van der Waals surface area (Å²) >= 11 is 1.88. The van der Waals surface area contributed by atoms with E-state index in [1.54, 1.807) is 24.3 Å². The highest BCUT2D eigenvalue weighted by Crippen LogP contribution is 2.19. The van der Waals surface area contributed by atoms with Crippen LogP contribution in [0.3, 0.4) is 0 Å². The maximum absolute atomic E-state index is 13.7. The van der Waals surface area contributed by atoms with E-state index in [2.05, 4.69) is 5.32 Å². The maximum atomic E-state index is 13.7. The quantitative estimate of drug-likeness (QED) is 0.750. The summed E-state index contributed by atoms with van der Waals surface area (Å²) in [5.41, 5.74) is 2.35. The number of anilines is 1. The Labute approximate surface area is 174 Å². The highest BCUT2D eigenvalue weighted by atomic mass is 32.2. The molecule has 7 heteroatoms. The van der Waals surface area contributed by atoms with Crippen LogP contribution in [0.5, 0.6) is 5.75 Å². The number of rotatable bonds is 7. The molecule has 29 heavy (non-hydrogen) atoms. The van der Waals surface area contributed by atoms with Crippen LogP contribution in [0.4, 0.5) is 10.1 Å². The van der Waals surface area contributed by atoms with Crippen LogP contribution in [0, 0.1) is 5.82 Å². The molecule has 154 valence electrons. The number of nitrogens with zero attached hydrogens (tertiary/aromatic N) is 1. The fraction of sp³-hybridized carbons (Fsp3) is 0.364. The first kappa shape index (κ1) is 21.2. The van der Waals surface area contributed by atoms with Crippen LogP contribution in [0.1, 0.15) is 17.5 Å². The van der Waals surface area contributed by atoms with E-state index in [1.165, 1.54) is 13.2 Å². The average Bonchev–Trinajstić information content (AvgIpc) is 2.74. The van der Waals surface area contributed by atoms with Gasteiger partial charge in [0.1, 0.15) is 0 Å². The summed E-state index contributed by atoms with van der Waals surface area (Å²) in [6.07, 6.45) is 1.06. The van der Waals surface area contributed by atoms with Crippen LogP contribution < -0.4 is 10.1 Å². The van der Waals surface area contributed by atoms with E-state index in [9.17, 15) is 14.0 Å². The summed E-state index contributed by atoms with van der Waals surface area (Å²) in [4.78, 5) is 26.4. The number of hydrogen-bond acceptors (Lipinski definition) is 4. The molecule has 3 rings (SSSR count). The summed E-state index contributed by atoms with van der Waals surface area (Å²) in [5, 5.41) is 2.84. The third-order valence-corrected chi connectivity index (χ3v) is 5.76. The second-order valence-electron chi connectivity index (χ2n) is 6.88. The third-order valence-electron chi connectivity index (χ3n) is 4.81. The fourth-order valence-corrected chi connectivity index (χ4v) is 4.05. The van der Waals surface area contributed by atoms with Gasteiger partial charge in [-0.15, -0.1) is 0 Å². The Bertz CT molecular complexity index is 852. The predicted molar refractivity (Wildman–Crippen MR) is 114 cm³/mol. The van der Waals surface area contributed by atoms with Crippen LogP contribution in [0.15, 0.2) is 42.5 Å². The van der Waals surface area contributed by atoms with Gasteiger partial charge in [-0.1, -0.05) is 18.2 Å². The van der Waals surface area contributed by atoms with Gasteiger partial charge >= 0.3 is 0 Å². The zero-order valence-electron chi connectivity index (χ0n) is 16.4. The van der Waals surface area contributed by atoms with E-state index in [4.69, 9.17) is 4.74 Å². The fourth-order valence-electron chi connectivity index (χ4n) is 3.15. The molecule has 0 aliphatic carbocycles. The van der Waals surface area contributed by atoms with Gasteiger partial charge in [0.25, 0.3) is 0 Å². The Balaban J connectivity index is 1.46. The topological polar surface area (TPSA) is 58.6 Å². The molecule has 0 saturated carbocycles. The molecule has 0 aromatic heterocycles. The summed E-state index contributed by atoms with van der Waals surface area (Å²) in [6.45, 7) is 1.63. The Morgan fingerprint density at radius 3 is 2.45 bits per heavy atom. The number of thioether (sulfide) groups is 1. The molecule has 1 saturated heterocycles. The second-order valence-corrected chi connectivity index (χ2v) is 8.11. The van der Waals surface area contributed by atoms with E-state index in [1.807, 2.05) is 28.8 Å². The van der Waals surface area contributed by atoms with Gasteiger partial charge in [0, 0.05) is 36.7 Å². The van der Waals surface area contributed by atoms with E-state index in [-0.39, 0.29) is 24.0 Å². The summed E-state index contributed by atoms with van der Waals surface area (Å²) < 4.78 is 18.6. The van der Waals surface area contributed by atoms with Crippen molar-refractivity contribution in [2.24, 2.45) is 0 Å². The van der Waals surface area contributed by atoms with Crippen molar-refractivity contribution in [3.63, 3.8) is 0 Å². The first-order valence-corrected chi connectivity index (χ1v) is 10.8. The molecule has 0 radical (unpaired) electrons. The second kappa shape index (κ2) is 10.3. The van der Waals surface area contributed by atoms with Crippen molar-refractivity contribution in [1.29, 1.82) is 0 Å². The molecule has 2 amide bonds. The van der Waals surface area contributed by atoms with Crippen LogP contribution in [-0.4, -0.2) is 48.4 Å². The molecule has 2 aromatic rings. The Morgan fingerprint density at radius 2 is 1.79 bits per heavy atom. The summed E-state index contributed by atoms with van der Waals surface area (Å²) in [6, 6.07) is 12.0. The lowest BCUT2D eigenvalue weighted by atomic mass is 10.1. The lowest BCUT2D eigenvalue weighted by Crippen LogP contribution is -2.38. The van der Waals surface area contributed by atoms with Crippen LogP contribution in [-0.2, 0) is 22.4 Å². The van der Waals surface area contributed by atoms with Gasteiger partial charge in [0.15, 0.2) is 11.6 Å². The number of halogens is 1. The Morgan fingerprint density at radius 1 is 1.10 bits per heavy atom. The lowest BCUT2D eigenvalue weighted by molar-refractivity contribution is -0.130. The molecule has 1 aliphatic rings. The van der Waals surface area contributed by atoms with Crippen molar-refractivity contribution in [2.45, 2.75) is 19.3 Å². The lowest BCUT2D eigenvalue weighted by Gasteiger charge is -2.26. The first-order valence-electron chi connectivity index (χ1n) is 9.62. The van der Waals surface area contributed by atoms with Crippen LogP contribution in [0.25, 0.3) is 0 Å². The highest BCUT2D eigenvalue weighted by Gasteiger charge is 2.16. The molecule has 1 aliphatic heterocycles. The normalized spacial score (nSPS) is 13.8. The van der Waals surface area contributed by atoms with E-state index >= 15 is 0 Å². The molecule has 0 unspecified atom stereocenters. The standard InChI is InChI=1S/C22H25FN2O3S/c1-28-20-8-4-16(14-19(20)23)5-9-21(26)24-18-6-2-17(3-7-18)15-22(27)25-10-12-29-13-11-25/h2-4,6-8,14H,5,9-13,15H2,1H3,(H,24,26). The number of amides is 2. The third kappa shape index (κ3) is 6.22. The Kier molecular flexibility index (Phi) is 7.52. The minimum atomic E-state index is -0.432. The zero-order chi connectivity index (χ0) is 20.6. The van der Waals surface area contributed by atoms with Gasteiger partial charge in [0.2, 0.25) is 11.8 Å². The minimum Gasteiger partial charge on any atom is -0.494 e. The van der Waals surface area contributed by atoms with Gasteiger partial charge in [0.05, 0.1) is 13.5 Å². The number of nitrogens with one attached hydrogen (secondary N) is 1. The smallest absolute Gasteiger partial charge is 0.227 e. The molecule has 0 atom stereocenters. The van der Waals surface area contributed by atoms with Crippen molar-refractivity contribution in [2.75, 3.05) is 37.0 Å². The molecule has 1 N–H and O–H groups in total. The molecule has 1 heterocycles. The van der Waals surface area contributed by atoms with E-state index < -0.39 is 5.82 Å². The molecule has 0 bridgehead atoms. The van der Waals surface area contributed by atoms with Gasteiger partial charge in [-0.2, -0.15) is 11.8 Å². The van der Waals surface area contributed by atoms with Crippen molar-refractivity contribution in [1.82, 2.24) is 4.90 Å². The number of aryl methyl sites for hydroxylation is 1. The van der Waals surface area contributed by atoms with Crippen molar-refractivity contribution in [3.8, 4) is 5.75 Å². The van der Waals surface area contributed by atoms with Crippen molar-refractivity contribution < 1.29 is 18.7 Å². The van der Waals surface area contributed by atoms with Gasteiger partial charge in [-0.05, 0) is 41.8 Å². The maximum Gasteiger partial charge on any atom is 0.227 e. The molecular weight excluding hydrogens is 391 g/mol. The Hall–Kier alpha value is -2.54. The van der Waals surface area contributed by atoms with Gasteiger partial charge < -0.3 is 15.0 Å². The average molecular weight is 417 g/mol. The monoisotopic (exact) mass is 416 g/mol. The molecule has 0 spiro atoms. The molecular formula is C22H25FN2O3S. The summed E-state index contributed by atoms with van der Waals surface area (Å²) in [7, 11) is 1.42. The van der Waals surface area contributed by atoms with E-state index in [0.29, 0.717) is 18.5 Å². The predicted octanol–water partition coefficient (Wildman–Crippen LogP) is 3.52.